The van der Waals surface area contributed by atoms with Crippen LogP contribution in [0, 0.1) is 0 Å². The zero-order chi connectivity index (χ0) is 24.3. The van der Waals surface area contributed by atoms with Gasteiger partial charge in [0.25, 0.3) is 5.91 Å². The van der Waals surface area contributed by atoms with Gasteiger partial charge in [-0.3, -0.25) is 9.48 Å². The van der Waals surface area contributed by atoms with Crippen LogP contribution in [0.3, 0.4) is 0 Å². The molecule has 0 spiro atoms. The number of methoxy groups -OCH3 is 1. The number of hydrogen-bond donors (Lipinski definition) is 2. The quantitative estimate of drug-likeness (QED) is 0.488. The number of aromatic nitrogens is 2. The van der Waals surface area contributed by atoms with E-state index in [1.165, 1.54) is 12.1 Å². The molecule has 0 saturated heterocycles. The number of hydrogen-bond acceptors (Lipinski definition) is 6. The summed E-state index contributed by atoms with van der Waals surface area (Å²) in [7, 11) is 1.16. The number of ether oxygens (including phenoxy) is 1. The number of amides is 1. The number of benzene rings is 1. The molecular formula is C21H25F3N4O4. The Kier molecular flexibility index (Phi) is 7.45. The summed E-state index contributed by atoms with van der Waals surface area (Å²) in [6, 6.07) is 2.89. The monoisotopic (exact) mass is 454 g/mol. The van der Waals surface area contributed by atoms with Crippen LogP contribution in [0.1, 0.15) is 44.5 Å². The smallest absolute Gasteiger partial charge is 0.433 e. The van der Waals surface area contributed by atoms with E-state index in [0.29, 0.717) is 23.9 Å². The van der Waals surface area contributed by atoms with Crippen LogP contribution in [0.25, 0.3) is 10.9 Å². The second kappa shape index (κ2) is 9.51. The number of esters is 1. The van der Waals surface area contributed by atoms with Crippen molar-refractivity contribution in [1.29, 1.82) is 0 Å². The van der Waals surface area contributed by atoms with E-state index in [-0.39, 0.29) is 11.3 Å². The Morgan fingerprint density at radius 3 is 2.50 bits per heavy atom. The summed E-state index contributed by atoms with van der Waals surface area (Å²) in [6.45, 7) is 6.04. The zero-order valence-corrected chi connectivity index (χ0v) is 18.4. The van der Waals surface area contributed by atoms with Crippen molar-refractivity contribution >= 4 is 34.2 Å². The highest BCUT2D eigenvalue weighted by Gasteiger charge is 2.33. The number of fused-ring (bicyclic) bond motifs is 1. The number of aliphatic hydroxyl groups is 1. The summed E-state index contributed by atoms with van der Waals surface area (Å²) < 4.78 is 45.1. The molecule has 0 bridgehead atoms. The second-order valence-corrected chi connectivity index (χ2v) is 7.73. The third-order valence-corrected chi connectivity index (χ3v) is 4.48. The molecule has 1 heterocycles. The van der Waals surface area contributed by atoms with Crippen LogP contribution in [0.15, 0.2) is 35.1 Å². The van der Waals surface area contributed by atoms with E-state index in [9.17, 15) is 27.9 Å². The number of halogens is 3. The average Bonchev–Trinajstić information content (AvgIpc) is 3.09. The van der Waals surface area contributed by atoms with Crippen molar-refractivity contribution < 1.29 is 32.6 Å². The van der Waals surface area contributed by atoms with Crippen molar-refractivity contribution in [1.82, 2.24) is 9.78 Å². The fraction of sp³-hybridized carbons (Fsp3) is 0.429. The molecular weight excluding hydrogens is 429 g/mol. The van der Waals surface area contributed by atoms with E-state index in [4.69, 9.17) is 4.74 Å². The molecule has 0 unspecified atom stereocenters. The third-order valence-electron chi connectivity index (χ3n) is 4.48. The average molecular weight is 454 g/mol. The van der Waals surface area contributed by atoms with Gasteiger partial charge in [0, 0.05) is 18.1 Å². The zero-order valence-electron chi connectivity index (χ0n) is 18.4. The van der Waals surface area contributed by atoms with Crippen LogP contribution in [0.4, 0.5) is 18.9 Å². The topological polar surface area (TPSA) is 106 Å². The molecule has 0 fully saturated rings. The van der Waals surface area contributed by atoms with Crippen LogP contribution < -0.4 is 5.32 Å². The van der Waals surface area contributed by atoms with Gasteiger partial charge in [-0.1, -0.05) is 6.08 Å². The summed E-state index contributed by atoms with van der Waals surface area (Å²) in [5, 5.41) is 17.2. The molecule has 11 heteroatoms. The number of aryl methyl sites for hydroxylation is 1. The lowest BCUT2D eigenvalue weighted by Gasteiger charge is -2.16. The van der Waals surface area contributed by atoms with Crippen molar-refractivity contribution in [2.45, 2.75) is 52.4 Å². The first-order chi connectivity index (χ1) is 14.7. The molecule has 1 aromatic heterocycles. The molecule has 8 nitrogen and oxygen atoms in total. The third kappa shape index (κ3) is 6.39. The van der Waals surface area contributed by atoms with Gasteiger partial charge in [0.05, 0.1) is 29.5 Å². The molecule has 32 heavy (non-hydrogen) atoms. The van der Waals surface area contributed by atoms with Gasteiger partial charge in [-0.2, -0.15) is 18.3 Å². The van der Waals surface area contributed by atoms with Gasteiger partial charge in [-0.05, 0) is 46.2 Å². The molecule has 0 saturated carbocycles. The number of allylic oxidation sites excluding steroid dienone is 2. The molecule has 174 valence electrons. The number of carbonyl (C=O) groups excluding carboxylic acids is 2. The van der Waals surface area contributed by atoms with Crippen LogP contribution in [0.5, 0.6) is 0 Å². The van der Waals surface area contributed by atoms with Crippen LogP contribution in [-0.2, 0) is 16.1 Å². The van der Waals surface area contributed by atoms with Crippen LogP contribution >= 0.6 is 0 Å². The fourth-order valence-corrected chi connectivity index (χ4v) is 2.74. The first kappa shape index (κ1) is 25.1. The van der Waals surface area contributed by atoms with Crippen molar-refractivity contribution in [2.75, 3.05) is 12.4 Å². The van der Waals surface area contributed by atoms with Gasteiger partial charge in [-0.25, -0.2) is 9.79 Å². The van der Waals surface area contributed by atoms with E-state index < -0.39 is 35.1 Å². The number of rotatable bonds is 7. The molecule has 2 rings (SSSR count). The highest BCUT2D eigenvalue weighted by molar-refractivity contribution is 6.42. The lowest BCUT2D eigenvalue weighted by Crippen LogP contribution is -2.23. The molecule has 0 aliphatic heterocycles. The largest absolute Gasteiger partial charge is 0.465 e. The summed E-state index contributed by atoms with van der Waals surface area (Å²) in [4.78, 5) is 28.0. The maximum atomic E-state index is 12.9. The SMILES string of the molecule is C/C=C(\N=C(C)C(=O)Nc1cc2cn(CCC(C)(C)O)nc2cc1C(=O)OC)C(F)(F)F. The Labute approximate surface area is 182 Å². The van der Waals surface area contributed by atoms with Crippen molar-refractivity contribution in [3.63, 3.8) is 0 Å². The number of nitrogens with one attached hydrogen (secondary N) is 1. The lowest BCUT2D eigenvalue weighted by atomic mass is 10.1. The normalized spacial score (nSPS) is 13.4. The Bertz CT molecular complexity index is 1080. The maximum absolute atomic E-state index is 12.9. The van der Waals surface area contributed by atoms with Crippen LogP contribution in [0.2, 0.25) is 0 Å². The summed E-state index contributed by atoms with van der Waals surface area (Å²) >= 11 is 0. The summed E-state index contributed by atoms with van der Waals surface area (Å²) in [6.07, 6.45) is -1.86. The molecule has 2 N–H and O–H groups in total. The second-order valence-electron chi connectivity index (χ2n) is 7.73. The summed E-state index contributed by atoms with van der Waals surface area (Å²) in [5.41, 5.74) is -2.07. The molecule has 0 aliphatic rings. The Hall–Kier alpha value is -3.21. The van der Waals surface area contributed by atoms with Gasteiger partial charge in [0.2, 0.25) is 0 Å². The van der Waals surface area contributed by atoms with E-state index in [1.54, 1.807) is 24.7 Å². The highest BCUT2D eigenvalue weighted by Crippen LogP contribution is 2.27. The standard InChI is InChI=1S/C21H25F3N4O4/c1-6-17(21(22,23)24)25-12(2)18(29)26-16-9-13-11-28(8-7-20(3,4)31)27-15(13)10-14(16)19(30)32-5/h6,9-11,31H,7-8H2,1-5H3,(H,26,29)/b17-6-,25-12?. The van der Waals surface area contributed by atoms with E-state index in [1.807, 2.05) is 0 Å². The Morgan fingerprint density at radius 2 is 1.97 bits per heavy atom. The number of nitrogens with zero attached hydrogens (tertiary/aromatic N) is 3. The van der Waals surface area contributed by atoms with Gasteiger partial charge in [-0.15, -0.1) is 0 Å². The van der Waals surface area contributed by atoms with Crippen LogP contribution in [-0.4, -0.2) is 51.4 Å². The molecule has 2 aromatic rings. The maximum Gasteiger partial charge on any atom is 0.433 e. The predicted octanol–water partition coefficient (Wildman–Crippen LogP) is 3.85. The van der Waals surface area contributed by atoms with Gasteiger partial charge < -0.3 is 15.2 Å². The first-order valence-electron chi connectivity index (χ1n) is 9.67. The number of carbonyl (C=O) groups is 2. The highest BCUT2D eigenvalue weighted by atomic mass is 19.4. The first-order valence-corrected chi connectivity index (χ1v) is 9.67. The minimum absolute atomic E-state index is 0.0176. The van der Waals surface area contributed by atoms with Gasteiger partial charge in [0.15, 0.2) is 0 Å². The van der Waals surface area contributed by atoms with Gasteiger partial charge >= 0.3 is 12.1 Å². The lowest BCUT2D eigenvalue weighted by molar-refractivity contribution is -0.110. The molecule has 1 aromatic carbocycles. The fourth-order valence-electron chi connectivity index (χ4n) is 2.74. The number of anilines is 1. The van der Waals surface area contributed by atoms with E-state index in [0.717, 1.165) is 27.0 Å². The molecule has 0 radical (unpaired) electrons. The van der Waals surface area contributed by atoms with Gasteiger partial charge in [0.1, 0.15) is 11.4 Å². The number of aliphatic imine (C=N–C) groups is 1. The van der Waals surface area contributed by atoms with Crippen molar-refractivity contribution in [2.24, 2.45) is 4.99 Å². The molecule has 0 aliphatic carbocycles. The minimum Gasteiger partial charge on any atom is -0.465 e. The number of alkyl halides is 3. The Morgan fingerprint density at radius 1 is 1.31 bits per heavy atom. The summed E-state index contributed by atoms with van der Waals surface area (Å²) in [5.74, 6) is -1.67. The predicted molar refractivity (Wildman–Crippen MR) is 114 cm³/mol. The molecule has 1 amide bonds. The van der Waals surface area contributed by atoms with E-state index >= 15 is 0 Å². The van der Waals surface area contributed by atoms with E-state index in [2.05, 4.69) is 15.4 Å². The molecule has 0 atom stereocenters. The van der Waals surface area contributed by atoms with Crippen molar-refractivity contribution in [3.05, 3.63) is 35.7 Å². The van der Waals surface area contributed by atoms with Crippen molar-refractivity contribution in [3.8, 4) is 0 Å². The Balaban J connectivity index is 2.40. The minimum atomic E-state index is -4.70.